The molecule has 0 bridgehead atoms. The van der Waals surface area contributed by atoms with E-state index >= 15 is 0 Å². The lowest BCUT2D eigenvalue weighted by molar-refractivity contribution is 0.221. The van der Waals surface area contributed by atoms with Gasteiger partial charge in [0.2, 0.25) is 0 Å². The summed E-state index contributed by atoms with van der Waals surface area (Å²) in [5.74, 6) is 0.397. The number of benzene rings is 2. The largest absolute Gasteiger partial charge is 0.489 e. The highest BCUT2D eigenvalue weighted by molar-refractivity contribution is 6.39. The molecule has 0 fully saturated rings. The summed E-state index contributed by atoms with van der Waals surface area (Å²) in [5, 5.41) is 4.26. The zero-order valence-corrected chi connectivity index (χ0v) is 14.3. The summed E-state index contributed by atoms with van der Waals surface area (Å²) < 4.78 is 20.1. The van der Waals surface area contributed by atoms with Gasteiger partial charge in [0.25, 0.3) is 0 Å². The highest BCUT2D eigenvalue weighted by atomic mass is 35.5. The van der Waals surface area contributed by atoms with Crippen molar-refractivity contribution in [2.45, 2.75) is 25.9 Å². The maximum atomic E-state index is 14.1. The average molecular weight is 354 g/mol. The molecule has 1 aliphatic rings. The maximum absolute atomic E-state index is 14.1. The van der Waals surface area contributed by atoms with Gasteiger partial charge in [0.15, 0.2) is 0 Å². The van der Waals surface area contributed by atoms with E-state index in [1.165, 1.54) is 12.1 Å². The van der Waals surface area contributed by atoms with Gasteiger partial charge in [0.05, 0.1) is 10.0 Å². The molecule has 0 saturated heterocycles. The standard InChI is InChI=1S/C18H18Cl2FNO/c1-2-22-7-6-13-9-11-8-12(21)10-14(18(11)23-13)17-15(19)4-3-5-16(17)20/h3-5,8,10,13,22H,2,6-7,9H2,1H3/t13-/m0/s1. The van der Waals surface area contributed by atoms with Crippen molar-refractivity contribution in [3.63, 3.8) is 0 Å². The molecule has 0 spiro atoms. The van der Waals surface area contributed by atoms with Crippen LogP contribution in [0.1, 0.15) is 18.9 Å². The van der Waals surface area contributed by atoms with E-state index in [2.05, 4.69) is 12.2 Å². The van der Waals surface area contributed by atoms with E-state index in [0.717, 1.165) is 25.1 Å². The third-order valence-corrected chi connectivity index (χ3v) is 4.62. The summed E-state index contributed by atoms with van der Waals surface area (Å²) in [5.41, 5.74) is 2.12. The van der Waals surface area contributed by atoms with Gasteiger partial charge in [-0.3, -0.25) is 0 Å². The quantitative estimate of drug-likeness (QED) is 0.754. The summed E-state index contributed by atoms with van der Waals surface area (Å²) >= 11 is 12.6. The molecule has 5 heteroatoms. The van der Waals surface area contributed by atoms with Crippen LogP contribution in [0.3, 0.4) is 0 Å². The third kappa shape index (κ3) is 3.47. The first-order chi connectivity index (χ1) is 11.1. The van der Waals surface area contributed by atoms with Crippen LogP contribution in [-0.4, -0.2) is 19.2 Å². The molecule has 0 radical (unpaired) electrons. The minimum Gasteiger partial charge on any atom is -0.489 e. The molecule has 2 aromatic carbocycles. The van der Waals surface area contributed by atoms with Crippen LogP contribution in [0.25, 0.3) is 11.1 Å². The SMILES string of the molecule is CCNCC[C@H]1Cc2cc(F)cc(-c3c(Cl)cccc3Cl)c2O1. The molecule has 1 aliphatic heterocycles. The lowest BCUT2D eigenvalue weighted by Crippen LogP contribution is -2.22. The first-order valence-electron chi connectivity index (χ1n) is 7.74. The molecule has 23 heavy (non-hydrogen) atoms. The highest BCUT2D eigenvalue weighted by Crippen LogP contribution is 2.45. The first-order valence-corrected chi connectivity index (χ1v) is 8.50. The van der Waals surface area contributed by atoms with E-state index in [0.29, 0.717) is 33.3 Å². The van der Waals surface area contributed by atoms with E-state index in [4.69, 9.17) is 27.9 Å². The third-order valence-electron chi connectivity index (χ3n) is 3.99. The number of ether oxygens (including phenoxy) is 1. The van der Waals surface area contributed by atoms with Gasteiger partial charge in [-0.2, -0.15) is 0 Å². The molecule has 1 atom stereocenters. The van der Waals surface area contributed by atoms with Gasteiger partial charge >= 0.3 is 0 Å². The molecule has 0 unspecified atom stereocenters. The van der Waals surface area contributed by atoms with Crippen molar-refractivity contribution in [1.82, 2.24) is 5.32 Å². The van der Waals surface area contributed by atoms with Crippen molar-refractivity contribution in [1.29, 1.82) is 0 Å². The fraction of sp³-hybridized carbons (Fsp3) is 0.333. The fourth-order valence-corrected chi connectivity index (χ4v) is 3.54. The predicted octanol–water partition coefficient (Wildman–Crippen LogP) is 5.10. The minimum absolute atomic E-state index is 0.0471. The Labute approximate surface area is 145 Å². The summed E-state index contributed by atoms with van der Waals surface area (Å²) in [6, 6.07) is 8.25. The molecule has 1 heterocycles. The Hall–Kier alpha value is -1.29. The van der Waals surface area contributed by atoms with Gasteiger partial charge in [-0.05, 0) is 43.8 Å². The lowest BCUT2D eigenvalue weighted by atomic mass is 9.99. The van der Waals surface area contributed by atoms with E-state index in [-0.39, 0.29) is 11.9 Å². The van der Waals surface area contributed by atoms with Crippen LogP contribution in [0.5, 0.6) is 5.75 Å². The first kappa shape index (κ1) is 16.6. The second kappa shape index (κ2) is 7.08. The van der Waals surface area contributed by atoms with Crippen molar-refractivity contribution >= 4 is 23.2 Å². The Morgan fingerprint density at radius 1 is 1.26 bits per heavy atom. The zero-order valence-electron chi connectivity index (χ0n) is 12.8. The van der Waals surface area contributed by atoms with Crippen molar-refractivity contribution in [3.8, 4) is 16.9 Å². The Bertz CT molecular complexity index is 700. The molecule has 0 amide bonds. The molecule has 1 N–H and O–H groups in total. The summed E-state index contributed by atoms with van der Waals surface area (Å²) in [6.45, 7) is 3.87. The molecule has 2 nitrogen and oxygen atoms in total. The summed E-state index contributed by atoms with van der Waals surface area (Å²) in [7, 11) is 0. The maximum Gasteiger partial charge on any atom is 0.131 e. The molecule has 2 aromatic rings. The average Bonchev–Trinajstić information content (AvgIpc) is 2.90. The molecule has 0 saturated carbocycles. The van der Waals surface area contributed by atoms with Gasteiger partial charge < -0.3 is 10.1 Å². The zero-order chi connectivity index (χ0) is 16.4. The van der Waals surface area contributed by atoms with Gasteiger partial charge in [-0.25, -0.2) is 4.39 Å². The normalized spacial score (nSPS) is 16.3. The molecule has 122 valence electrons. The summed E-state index contributed by atoms with van der Waals surface area (Å²) in [4.78, 5) is 0. The lowest BCUT2D eigenvalue weighted by Gasteiger charge is -2.14. The van der Waals surface area contributed by atoms with Crippen LogP contribution in [-0.2, 0) is 6.42 Å². The second-order valence-electron chi connectivity index (χ2n) is 5.62. The minimum atomic E-state index is -0.300. The highest BCUT2D eigenvalue weighted by Gasteiger charge is 2.28. The Kier molecular flexibility index (Phi) is 5.10. The van der Waals surface area contributed by atoms with E-state index < -0.39 is 0 Å². The van der Waals surface area contributed by atoms with Crippen molar-refractivity contribution in [2.75, 3.05) is 13.1 Å². The molecule has 0 aliphatic carbocycles. The van der Waals surface area contributed by atoms with Gasteiger partial charge in [-0.1, -0.05) is 36.2 Å². The molecule has 3 rings (SSSR count). The van der Waals surface area contributed by atoms with Crippen LogP contribution in [0.15, 0.2) is 30.3 Å². The number of halogens is 3. The monoisotopic (exact) mass is 353 g/mol. The number of rotatable bonds is 5. The number of nitrogens with one attached hydrogen (secondary N) is 1. The van der Waals surface area contributed by atoms with Crippen LogP contribution in [0, 0.1) is 5.82 Å². The van der Waals surface area contributed by atoms with E-state index in [9.17, 15) is 4.39 Å². The van der Waals surface area contributed by atoms with Crippen molar-refractivity contribution < 1.29 is 9.13 Å². The second-order valence-corrected chi connectivity index (χ2v) is 6.44. The van der Waals surface area contributed by atoms with E-state index in [1.807, 2.05) is 0 Å². The van der Waals surface area contributed by atoms with Gasteiger partial charge in [-0.15, -0.1) is 0 Å². The Morgan fingerprint density at radius 3 is 2.70 bits per heavy atom. The van der Waals surface area contributed by atoms with E-state index in [1.54, 1.807) is 18.2 Å². The van der Waals surface area contributed by atoms with Crippen LogP contribution in [0.4, 0.5) is 4.39 Å². The summed E-state index contributed by atoms with van der Waals surface area (Å²) in [6.07, 6.45) is 1.62. The fourth-order valence-electron chi connectivity index (χ4n) is 2.94. The Morgan fingerprint density at radius 2 is 2.00 bits per heavy atom. The number of hydrogen-bond donors (Lipinski definition) is 1. The molecular weight excluding hydrogens is 336 g/mol. The van der Waals surface area contributed by atoms with Crippen LogP contribution >= 0.6 is 23.2 Å². The van der Waals surface area contributed by atoms with Crippen LogP contribution < -0.4 is 10.1 Å². The van der Waals surface area contributed by atoms with Crippen LogP contribution in [0.2, 0.25) is 10.0 Å². The number of hydrogen-bond acceptors (Lipinski definition) is 2. The predicted molar refractivity (Wildman–Crippen MR) is 93.1 cm³/mol. The van der Waals surface area contributed by atoms with Crippen molar-refractivity contribution in [3.05, 3.63) is 51.8 Å². The molecular formula is C18H18Cl2FNO. The van der Waals surface area contributed by atoms with Gasteiger partial charge in [0.1, 0.15) is 17.7 Å². The molecule has 0 aromatic heterocycles. The Balaban J connectivity index is 1.96. The van der Waals surface area contributed by atoms with Crippen molar-refractivity contribution in [2.24, 2.45) is 0 Å². The smallest absolute Gasteiger partial charge is 0.131 e. The topological polar surface area (TPSA) is 21.3 Å². The van der Waals surface area contributed by atoms with Gasteiger partial charge in [0, 0.05) is 23.1 Å². The number of fused-ring (bicyclic) bond motifs is 1.